The second kappa shape index (κ2) is 3.54. The number of pyridine rings is 1. The van der Waals surface area contributed by atoms with Gasteiger partial charge in [-0.1, -0.05) is 18.2 Å². The van der Waals surface area contributed by atoms with E-state index in [4.69, 9.17) is 0 Å². The van der Waals surface area contributed by atoms with Gasteiger partial charge in [0.05, 0.1) is 0 Å². The Kier molecular flexibility index (Phi) is 2.65. The van der Waals surface area contributed by atoms with Crippen LogP contribution in [0.3, 0.4) is 0 Å². The van der Waals surface area contributed by atoms with Gasteiger partial charge >= 0.3 is 0 Å². The fourth-order valence-corrected chi connectivity index (χ4v) is 1.10. The first-order chi connectivity index (χ1) is 5.36. The molecular weight excluding hydrogens is 218 g/mol. The molecule has 0 aliphatic carbocycles. The van der Waals surface area contributed by atoms with Gasteiger partial charge in [0.15, 0.2) is 0 Å². The van der Waals surface area contributed by atoms with Crippen LogP contribution in [0.1, 0.15) is 0 Å². The van der Waals surface area contributed by atoms with Crippen molar-refractivity contribution in [1.29, 1.82) is 0 Å². The minimum Gasteiger partial charge on any atom is -0.322 e. The van der Waals surface area contributed by atoms with E-state index in [-0.39, 0.29) is 22.5 Å². The van der Waals surface area contributed by atoms with E-state index in [0.29, 0.717) is 0 Å². The first kappa shape index (κ1) is 9.00. The molecule has 0 atom stereocenters. The van der Waals surface area contributed by atoms with E-state index in [2.05, 4.69) is 4.98 Å². The molecular formula is C9H8BrNO. The number of hydrogen-bond donors (Lipinski definition) is 1. The summed E-state index contributed by atoms with van der Waals surface area (Å²) in [6.07, 6.45) is 0. The molecule has 0 bridgehead atoms. The molecule has 1 aromatic carbocycles. The summed E-state index contributed by atoms with van der Waals surface area (Å²) in [4.78, 5) is 13.6. The number of para-hydroxylation sites is 1. The van der Waals surface area contributed by atoms with Crippen molar-refractivity contribution in [3.05, 3.63) is 46.8 Å². The predicted octanol–water partition coefficient (Wildman–Crippen LogP) is 2.11. The Bertz CT molecular complexity index is 435. The number of halogens is 1. The molecule has 0 unspecified atom stereocenters. The quantitative estimate of drug-likeness (QED) is 0.733. The first-order valence-electron chi connectivity index (χ1n) is 3.44. The van der Waals surface area contributed by atoms with E-state index in [0.717, 1.165) is 10.9 Å². The summed E-state index contributed by atoms with van der Waals surface area (Å²) >= 11 is 0. The van der Waals surface area contributed by atoms with Gasteiger partial charge in [-0.05, 0) is 17.5 Å². The molecule has 1 heterocycles. The van der Waals surface area contributed by atoms with Gasteiger partial charge < -0.3 is 4.98 Å². The van der Waals surface area contributed by atoms with Crippen LogP contribution in [0.5, 0.6) is 0 Å². The molecule has 0 aliphatic heterocycles. The van der Waals surface area contributed by atoms with Gasteiger partial charge in [0, 0.05) is 11.6 Å². The van der Waals surface area contributed by atoms with Crippen LogP contribution in [0.2, 0.25) is 0 Å². The molecule has 2 aromatic rings. The standard InChI is InChI=1S/C9H7NO.BrH/c11-9-6-5-7-3-1-2-4-8(7)10-9;/h1-6H,(H,10,11);1H. The SMILES string of the molecule is Br.O=c1ccc2ccccc2[nH]1. The van der Waals surface area contributed by atoms with Crippen molar-refractivity contribution in [3.63, 3.8) is 0 Å². The summed E-state index contributed by atoms with van der Waals surface area (Å²) in [7, 11) is 0. The third-order valence-corrected chi connectivity index (χ3v) is 1.63. The highest BCUT2D eigenvalue weighted by Gasteiger charge is 1.89. The largest absolute Gasteiger partial charge is 0.322 e. The van der Waals surface area contributed by atoms with Gasteiger partial charge in [-0.25, -0.2) is 0 Å². The van der Waals surface area contributed by atoms with Crippen molar-refractivity contribution in [2.24, 2.45) is 0 Å². The first-order valence-corrected chi connectivity index (χ1v) is 3.44. The van der Waals surface area contributed by atoms with Crippen LogP contribution in [0.25, 0.3) is 10.9 Å². The maximum atomic E-state index is 10.8. The van der Waals surface area contributed by atoms with Crippen molar-refractivity contribution in [1.82, 2.24) is 4.98 Å². The van der Waals surface area contributed by atoms with Crippen LogP contribution in [0, 0.1) is 0 Å². The molecule has 2 nitrogen and oxygen atoms in total. The molecule has 2 rings (SSSR count). The normalized spacial score (nSPS) is 9.33. The van der Waals surface area contributed by atoms with Crippen LogP contribution in [-0.4, -0.2) is 4.98 Å². The molecule has 62 valence electrons. The lowest BCUT2D eigenvalue weighted by Gasteiger charge is -1.93. The Morgan fingerprint density at radius 2 is 1.75 bits per heavy atom. The summed E-state index contributed by atoms with van der Waals surface area (Å²) in [6.45, 7) is 0. The zero-order valence-electron chi connectivity index (χ0n) is 6.28. The fraction of sp³-hybridized carbons (Fsp3) is 0. The summed E-state index contributed by atoms with van der Waals surface area (Å²) in [5.74, 6) is 0. The van der Waals surface area contributed by atoms with Gasteiger partial charge in [0.2, 0.25) is 5.56 Å². The number of nitrogens with one attached hydrogen (secondary N) is 1. The van der Waals surface area contributed by atoms with Crippen molar-refractivity contribution in [2.75, 3.05) is 0 Å². The Balaban J connectivity index is 0.000000720. The molecule has 0 amide bonds. The average Bonchev–Trinajstić information content (AvgIpc) is 2.04. The summed E-state index contributed by atoms with van der Waals surface area (Å²) in [5, 5.41) is 1.06. The van der Waals surface area contributed by atoms with Gasteiger partial charge in [0.1, 0.15) is 0 Å². The molecule has 0 radical (unpaired) electrons. The zero-order chi connectivity index (χ0) is 7.68. The van der Waals surface area contributed by atoms with Crippen molar-refractivity contribution >= 4 is 27.9 Å². The molecule has 3 heteroatoms. The maximum Gasteiger partial charge on any atom is 0.248 e. The number of fused-ring (bicyclic) bond motifs is 1. The van der Waals surface area contributed by atoms with Crippen molar-refractivity contribution in [2.45, 2.75) is 0 Å². The zero-order valence-corrected chi connectivity index (χ0v) is 7.99. The van der Waals surface area contributed by atoms with Gasteiger partial charge in [-0.15, -0.1) is 17.0 Å². The summed E-state index contributed by atoms with van der Waals surface area (Å²) < 4.78 is 0. The highest BCUT2D eigenvalue weighted by atomic mass is 79.9. The Morgan fingerprint density at radius 1 is 1.00 bits per heavy atom. The van der Waals surface area contributed by atoms with E-state index in [1.807, 2.05) is 30.3 Å². The molecule has 1 N–H and O–H groups in total. The van der Waals surface area contributed by atoms with E-state index >= 15 is 0 Å². The summed E-state index contributed by atoms with van der Waals surface area (Å²) in [6, 6.07) is 11.0. The maximum absolute atomic E-state index is 10.8. The molecule has 0 spiro atoms. The molecule has 0 saturated carbocycles. The lowest BCUT2D eigenvalue weighted by atomic mass is 10.2. The van der Waals surface area contributed by atoms with Gasteiger partial charge in [0.25, 0.3) is 0 Å². The van der Waals surface area contributed by atoms with Crippen molar-refractivity contribution < 1.29 is 0 Å². The monoisotopic (exact) mass is 225 g/mol. The predicted molar refractivity (Wildman–Crippen MR) is 54.9 cm³/mol. The highest BCUT2D eigenvalue weighted by Crippen LogP contribution is 2.06. The van der Waals surface area contributed by atoms with Crippen LogP contribution in [0.4, 0.5) is 0 Å². The second-order valence-electron chi connectivity index (χ2n) is 2.41. The molecule has 1 aromatic heterocycles. The number of rotatable bonds is 0. The topological polar surface area (TPSA) is 32.9 Å². The fourth-order valence-electron chi connectivity index (χ4n) is 1.10. The summed E-state index contributed by atoms with van der Waals surface area (Å²) in [5.41, 5.74) is 0.837. The van der Waals surface area contributed by atoms with Crippen LogP contribution < -0.4 is 5.56 Å². The molecule has 0 saturated heterocycles. The van der Waals surface area contributed by atoms with Crippen molar-refractivity contribution in [3.8, 4) is 0 Å². The third kappa shape index (κ3) is 1.56. The van der Waals surface area contributed by atoms with E-state index in [1.54, 1.807) is 0 Å². The van der Waals surface area contributed by atoms with Crippen LogP contribution in [0.15, 0.2) is 41.2 Å². The molecule has 0 aliphatic rings. The molecule has 0 fully saturated rings. The molecule has 12 heavy (non-hydrogen) atoms. The van der Waals surface area contributed by atoms with E-state index in [1.165, 1.54) is 6.07 Å². The van der Waals surface area contributed by atoms with Crippen LogP contribution >= 0.6 is 17.0 Å². The van der Waals surface area contributed by atoms with Gasteiger partial charge in [-0.2, -0.15) is 0 Å². The number of hydrogen-bond acceptors (Lipinski definition) is 1. The van der Waals surface area contributed by atoms with Gasteiger partial charge in [-0.3, -0.25) is 4.79 Å². The highest BCUT2D eigenvalue weighted by molar-refractivity contribution is 8.93. The average molecular weight is 226 g/mol. The lowest BCUT2D eigenvalue weighted by molar-refractivity contribution is 1.31. The third-order valence-electron chi connectivity index (χ3n) is 1.63. The Hall–Kier alpha value is -1.09. The van der Waals surface area contributed by atoms with E-state index < -0.39 is 0 Å². The van der Waals surface area contributed by atoms with Crippen LogP contribution in [-0.2, 0) is 0 Å². The minimum absolute atomic E-state index is 0. The Morgan fingerprint density at radius 3 is 2.58 bits per heavy atom. The van der Waals surface area contributed by atoms with E-state index in [9.17, 15) is 4.79 Å². The lowest BCUT2D eigenvalue weighted by Crippen LogP contribution is -2.01. The number of aromatic nitrogens is 1. The number of H-pyrrole nitrogens is 1. The smallest absolute Gasteiger partial charge is 0.248 e. The minimum atomic E-state index is -0.0521. The number of aromatic amines is 1. The number of benzene rings is 1. The Labute approximate surface area is 80.0 Å². The second-order valence-corrected chi connectivity index (χ2v) is 2.41.